The molecule has 1 fully saturated rings. The van der Waals surface area contributed by atoms with E-state index in [1.54, 1.807) is 34.6 Å². The van der Waals surface area contributed by atoms with Crippen molar-refractivity contribution in [1.29, 1.82) is 0 Å². The van der Waals surface area contributed by atoms with Crippen LogP contribution in [0, 0.1) is 5.92 Å². The molecule has 1 N–H and O–H groups in total. The molecule has 0 spiro atoms. The lowest BCUT2D eigenvalue weighted by Gasteiger charge is -2.35. The lowest BCUT2D eigenvalue weighted by Crippen LogP contribution is -2.49. The van der Waals surface area contributed by atoms with Crippen LogP contribution in [-0.4, -0.2) is 89.7 Å². The molecule has 0 radical (unpaired) electrons. The van der Waals surface area contributed by atoms with Gasteiger partial charge in [-0.25, -0.2) is 8.42 Å². The number of fused-ring (bicyclic) bond motifs is 1. The van der Waals surface area contributed by atoms with E-state index in [0.717, 1.165) is 16.8 Å². The lowest BCUT2D eigenvalue weighted by atomic mass is 10.0. The van der Waals surface area contributed by atoms with Gasteiger partial charge in [0.2, 0.25) is 10.0 Å². The molecule has 1 saturated heterocycles. The quantitative estimate of drug-likeness (QED) is 0.570. The Labute approximate surface area is 239 Å². The Morgan fingerprint density at radius 3 is 2.15 bits per heavy atom. The molecule has 1 atom stereocenters. The maximum absolute atomic E-state index is 13.8. The van der Waals surface area contributed by atoms with Crippen molar-refractivity contribution in [1.82, 2.24) is 18.2 Å². The van der Waals surface area contributed by atoms with E-state index in [1.807, 2.05) is 38.1 Å². The van der Waals surface area contributed by atoms with Crippen LogP contribution < -0.4 is 10.2 Å². The van der Waals surface area contributed by atoms with Crippen LogP contribution in [0.25, 0.3) is 0 Å². The molecule has 39 heavy (non-hydrogen) atoms. The predicted molar refractivity (Wildman–Crippen MR) is 157 cm³/mol. The maximum Gasteiger partial charge on any atom is 0.282 e. The van der Waals surface area contributed by atoms with E-state index in [1.165, 1.54) is 8.61 Å². The van der Waals surface area contributed by atoms with Crippen LogP contribution in [-0.2, 0) is 33.2 Å². The largest absolute Gasteiger partial charge is 0.378 e. The smallest absolute Gasteiger partial charge is 0.282 e. The second-order valence-corrected chi connectivity index (χ2v) is 15.0. The zero-order chi connectivity index (χ0) is 28.2. The van der Waals surface area contributed by atoms with Gasteiger partial charge in [-0.2, -0.15) is 21.3 Å². The van der Waals surface area contributed by atoms with E-state index >= 15 is 0 Å². The fraction of sp³-hybridized carbons (Fsp3) is 0.556. The van der Waals surface area contributed by atoms with Gasteiger partial charge in [0.1, 0.15) is 0 Å². The highest BCUT2D eigenvalue weighted by Gasteiger charge is 2.34. The van der Waals surface area contributed by atoms with Crippen molar-refractivity contribution in [3.63, 3.8) is 0 Å². The molecule has 0 unspecified atom stereocenters. The number of sulfonamides is 1. The highest BCUT2D eigenvalue weighted by molar-refractivity contribution is 7.89. The Bertz CT molecular complexity index is 1340. The third-order valence-corrected chi connectivity index (χ3v) is 11.4. The first-order valence-electron chi connectivity index (χ1n) is 13.5. The zero-order valence-corrected chi connectivity index (χ0v) is 25.4. The van der Waals surface area contributed by atoms with E-state index in [4.69, 9.17) is 11.6 Å². The van der Waals surface area contributed by atoms with Gasteiger partial charge in [-0.1, -0.05) is 24.6 Å². The molecule has 0 saturated carbocycles. The minimum absolute atomic E-state index is 0.195. The molecule has 2 aromatic rings. The van der Waals surface area contributed by atoms with Gasteiger partial charge in [0.05, 0.1) is 4.90 Å². The van der Waals surface area contributed by atoms with E-state index in [9.17, 15) is 16.8 Å². The number of benzene rings is 2. The van der Waals surface area contributed by atoms with Crippen LogP contribution in [0.3, 0.4) is 0 Å². The summed E-state index contributed by atoms with van der Waals surface area (Å²) < 4.78 is 59.5. The van der Waals surface area contributed by atoms with E-state index < -0.39 is 20.2 Å². The van der Waals surface area contributed by atoms with Crippen molar-refractivity contribution in [2.45, 2.75) is 37.6 Å². The molecule has 216 valence electrons. The van der Waals surface area contributed by atoms with Gasteiger partial charge < -0.3 is 10.2 Å². The Balaban J connectivity index is 1.53. The number of hydrogen-bond donors (Lipinski definition) is 1. The third kappa shape index (κ3) is 7.32. The van der Waals surface area contributed by atoms with Crippen molar-refractivity contribution in [3.8, 4) is 0 Å². The second kappa shape index (κ2) is 12.8. The Morgan fingerprint density at radius 2 is 1.49 bits per heavy atom. The lowest BCUT2D eigenvalue weighted by molar-refractivity contribution is 0.267. The molecule has 2 heterocycles. The number of anilines is 1. The summed E-state index contributed by atoms with van der Waals surface area (Å²) in [6.07, 6.45) is 1.98. The maximum atomic E-state index is 13.8. The standard InChI is InChI=1S/C27H40ClN5O4S2/c1-22-19-31(38(34,35)27-10-8-26(9-11-27)30(2)3)15-4-13-29-14-5-16-32(20-22)39(36,37)33-17-12-23-18-25(28)7-6-24(23)21-33/h6-11,18,22,29H,4-5,12-17,19-21H2,1-3H3/t22-/m0/s1. The van der Waals surface area contributed by atoms with E-state index in [0.29, 0.717) is 63.6 Å². The van der Waals surface area contributed by atoms with Gasteiger partial charge in [0.15, 0.2) is 0 Å². The summed E-state index contributed by atoms with van der Waals surface area (Å²) in [4.78, 5) is 2.17. The topological polar surface area (TPSA) is 93.3 Å². The van der Waals surface area contributed by atoms with Crippen LogP contribution in [0.5, 0.6) is 0 Å². The molecule has 9 nitrogen and oxygen atoms in total. The van der Waals surface area contributed by atoms with Crippen LogP contribution in [0.4, 0.5) is 5.69 Å². The van der Waals surface area contributed by atoms with Crippen LogP contribution >= 0.6 is 11.6 Å². The normalized spacial score (nSPS) is 21.5. The summed E-state index contributed by atoms with van der Waals surface area (Å²) in [6.45, 7) is 5.19. The molecule has 0 aliphatic carbocycles. The van der Waals surface area contributed by atoms with Crippen molar-refractivity contribution in [2.75, 3.05) is 64.8 Å². The fourth-order valence-electron chi connectivity index (χ4n) is 5.17. The molecule has 2 aromatic carbocycles. The van der Waals surface area contributed by atoms with E-state index in [2.05, 4.69) is 5.32 Å². The highest BCUT2D eigenvalue weighted by Crippen LogP contribution is 2.27. The Morgan fingerprint density at radius 1 is 0.846 bits per heavy atom. The minimum Gasteiger partial charge on any atom is -0.378 e. The van der Waals surface area contributed by atoms with E-state index in [-0.39, 0.29) is 23.9 Å². The first-order valence-corrected chi connectivity index (χ1v) is 16.7. The molecule has 2 aliphatic heterocycles. The minimum atomic E-state index is -3.74. The van der Waals surface area contributed by atoms with Crippen molar-refractivity contribution in [2.24, 2.45) is 5.92 Å². The van der Waals surface area contributed by atoms with Gasteiger partial charge in [0, 0.05) is 64.1 Å². The van der Waals surface area contributed by atoms with Gasteiger partial charge in [-0.05, 0) is 85.8 Å². The Hall–Kier alpha value is -1.73. The number of nitrogens with zero attached hydrogens (tertiary/aromatic N) is 4. The number of halogens is 1. The zero-order valence-electron chi connectivity index (χ0n) is 23.0. The molecule has 12 heteroatoms. The summed E-state index contributed by atoms with van der Waals surface area (Å²) in [7, 11) is -3.66. The molecule has 0 bridgehead atoms. The fourth-order valence-corrected chi connectivity index (χ4v) is 8.72. The third-order valence-electron chi connectivity index (χ3n) is 7.34. The van der Waals surface area contributed by atoms with Crippen molar-refractivity contribution < 1.29 is 16.8 Å². The molecule has 2 aliphatic rings. The van der Waals surface area contributed by atoms with Crippen LogP contribution in [0.1, 0.15) is 30.9 Å². The monoisotopic (exact) mass is 597 g/mol. The average molecular weight is 598 g/mol. The highest BCUT2D eigenvalue weighted by atomic mass is 35.5. The van der Waals surface area contributed by atoms with Crippen molar-refractivity contribution >= 4 is 37.5 Å². The summed E-state index contributed by atoms with van der Waals surface area (Å²) in [5.41, 5.74) is 2.97. The molecule has 0 aromatic heterocycles. The number of rotatable bonds is 5. The molecular formula is C27H40ClN5O4S2. The van der Waals surface area contributed by atoms with Crippen molar-refractivity contribution in [3.05, 3.63) is 58.6 Å². The number of nitrogens with one attached hydrogen (secondary N) is 1. The molecule has 0 amide bonds. The summed E-state index contributed by atoms with van der Waals surface area (Å²) in [5, 5.41) is 4.00. The summed E-state index contributed by atoms with van der Waals surface area (Å²) in [5.74, 6) is -0.195. The predicted octanol–water partition coefficient (Wildman–Crippen LogP) is 3.02. The van der Waals surface area contributed by atoms with Gasteiger partial charge in [0.25, 0.3) is 10.2 Å². The number of hydrogen-bond acceptors (Lipinski definition) is 6. The summed E-state index contributed by atoms with van der Waals surface area (Å²) in [6, 6.07) is 12.5. The second-order valence-electron chi connectivity index (χ2n) is 10.7. The van der Waals surface area contributed by atoms with Crippen LogP contribution in [0.15, 0.2) is 47.4 Å². The summed E-state index contributed by atoms with van der Waals surface area (Å²) >= 11 is 6.14. The van der Waals surface area contributed by atoms with Gasteiger partial charge in [-0.15, -0.1) is 0 Å². The molecular weight excluding hydrogens is 558 g/mol. The first kappa shape index (κ1) is 30.2. The SMILES string of the molecule is C[C@H]1CN(S(=O)(=O)c2ccc(N(C)C)cc2)CCCNCCCN(S(=O)(=O)N2CCc3cc(Cl)ccc3C2)C1. The van der Waals surface area contributed by atoms with Crippen LogP contribution in [0.2, 0.25) is 5.02 Å². The molecule has 4 rings (SSSR count). The first-order chi connectivity index (χ1) is 18.5. The Kier molecular flexibility index (Phi) is 9.96. The average Bonchev–Trinajstić information content (AvgIpc) is 2.89. The van der Waals surface area contributed by atoms with Gasteiger partial charge in [-0.3, -0.25) is 0 Å². The van der Waals surface area contributed by atoms with Gasteiger partial charge >= 0.3 is 0 Å².